The Morgan fingerprint density at radius 2 is 1.21 bits per heavy atom. The van der Waals surface area contributed by atoms with Gasteiger partial charge in [0.05, 0.1) is 6.61 Å². The summed E-state index contributed by atoms with van der Waals surface area (Å²) in [6.07, 6.45) is 20.3. The van der Waals surface area contributed by atoms with Crippen LogP contribution in [0.5, 0.6) is 5.75 Å². The summed E-state index contributed by atoms with van der Waals surface area (Å²) < 4.78 is 5.37. The maximum Gasteiger partial charge on any atom is 0.339 e. The van der Waals surface area contributed by atoms with Gasteiger partial charge in [0, 0.05) is 13.0 Å². The molecule has 0 radical (unpaired) electrons. The van der Waals surface area contributed by atoms with E-state index in [9.17, 15) is 19.5 Å². The summed E-state index contributed by atoms with van der Waals surface area (Å²) in [5, 5.41) is 29.3. The highest BCUT2D eigenvalue weighted by molar-refractivity contribution is 5.91. The highest BCUT2D eigenvalue weighted by Gasteiger charge is 2.14. The average molecular weight is 536 g/mol. The van der Waals surface area contributed by atoms with Crippen LogP contribution in [-0.4, -0.2) is 52.9 Å². The molecule has 0 aliphatic carbocycles. The number of carbonyl (C=O) groups is 3. The number of rotatable bonds is 25. The summed E-state index contributed by atoms with van der Waals surface area (Å²) in [6, 6.07) is 5.10. The van der Waals surface area contributed by atoms with E-state index in [-0.39, 0.29) is 31.1 Å². The van der Waals surface area contributed by atoms with Crippen LogP contribution in [0.1, 0.15) is 125 Å². The number of carboxylic acid groups (broad SMARTS) is 2. The second-order valence-electron chi connectivity index (χ2n) is 10.0. The number of unbranched alkanes of at least 4 members (excludes halogenated alkanes) is 15. The van der Waals surface area contributed by atoms with E-state index >= 15 is 0 Å². The van der Waals surface area contributed by atoms with Crippen molar-refractivity contribution in [2.75, 3.05) is 19.8 Å². The highest BCUT2D eigenvalue weighted by Crippen LogP contribution is 2.22. The Kier molecular flexibility index (Phi) is 19.7. The number of aliphatic hydroxyl groups is 1. The zero-order valence-electron chi connectivity index (χ0n) is 23.1. The van der Waals surface area contributed by atoms with Crippen molar-refractivity contribution >= 4 is 17.8 Å². The van der Waals surface area contributed by atoms with Gasteiger partial charge in [0.15, 0.2) is 6.61 Å². The number of carbonyl (C=O) groups excluding carboxylic acids is 1. The van der Waals surface area contributed by atoms with Crippen molar-refractivity contribution in [3.63, 3.8) is 0 Å². The highest BCUT2D eigenvalue weighted by atomic mass is 16.5. The van der Waals surface area contributed by atoms with Crippen LogP contribution >= 0.6 is 0 Å². The molecule has 216 valence electrons. The molecule has 1 rings (SSSR count). The van der Waals surface area contributed by atoms with Crippen molar-refractivity contribution in [1.29, 1.82) is 0 Å². The molecule has 1 amide bonds. The van der Waals surface area contributed by atoms with Crippen molar-refractivity contribution in [2.24, 2.45) is 0 Å². The van der Waals surface area contributed by atoms with Crippen LogP contribution in [0.25, 0.3) is 0 Å². The van der Waals surface area contributed by atoms with Gasteiger partial charge in [-0.05, 0) is 37.0 Å². The fraction of sp³-hybridized carbons (Fsp3) is 0.700. The lowest BCUT2D eigenvalue weighted by atomic mass is 10.0. The van der Waals surface area contributed by atoms with E-state index in [1.54, 1.807) is 12.1 Å². The van der Waals surface area contributed by atoms with E-state index in [1.165, 1.54) is 70.6 Å². The molecule has 38 heavy (non-hydrogen) atoms. The first kappa shape index (κ1) is 33.4. The fourth-order valence-corrected chi connectivity index (χ4v) is 4.50. The van der Waals surface area contributed by atoms with Gasteiger partial charge in [-0.3, -0.25) is 9.59 Å². The van der Waals surface area contributed by atoms with Gasteiger partial charge in [-0.1, -0.05) is 96.0 Å². The number of ether oxygens (including phenoxy) is 1. The number of benzene rings is 1. The van der Waals surface area contributed by atoms with Crippen LogP contribution in [0.15, 0.2) is 18.2 Å². The summed E-state index contributed by atoms with van der Waals surface area (Å²) in [5.74, 6) is -2.00. The predicted molar refractivity (Wildman–Crippen MR) is 149 cm³/mol. The summed E-state index contributed by atoms with van der Waals surface area (Å²) in [6.45, 7) is -0.323. The minimum Gasteiger partial charge on any atom is -0.483 e. The molecule has 0 saturated heterocycles. The molecule has 0 bridgehead atoms. The summed E-state index contributed by atoms with van der Waals surface area (Å²) in [7, 11) is 0. The van der Waals surface area contributed by atoms with Gasteiger partial charge >= 0.3 is 11.9 Å². The van der Waals surface area contributed by atoms with Gasteiger partial charge in [-0.2, -0.15) is 0 Å². The largest absolute Gasteiger partial charge is 0.483 e. The molecule has 0 heterocycles. The molecule has 1 aromatic rings. The smallest absolute Gasteiger partial charge is 0.339 e. The fourth-order valence-electron chi connectivity index (χ4n) is 4.50. The number of hydrogen-bond donors (Lipinski definition) is 4. The van der Waals surface area contributed by atoms with Crippen LogP contribution in [0.3, 0.4) is 0 Å². The van der Waals surface area contributed by atoms with E-state index < -0.39 is 17.8 Å². The van der Waals surface area contributed by atoms with Crippen molar-refractivity contribution in [1.82, 2.24) is 5.32 Å². The normalized spacial score (nSPS) is 10.9. The van der Waals surface area contributed by atoms with Crippen molar-refractivity contribution in [2.45, 2.75) is 116 Å². The third-order valence-corrected chi connectivity index (χ3v) is 6.67. The number of aryl methyl sites for hydroxylation is 1. The van der Waals surface area contributed by atoms with E-state index in [0.29, 0.717) is 6.42 Å². The molecule has 8 heteroatoms. The first-order valence-corrected chi connectivity index (χ1v) is 14.5. The first-order valence-electron chi connectivity index (χ1n) is 14.5. The molecule has 4 N–H and O–H groups in total. The lowest BCUT2D eigenvalue weighted by molar-refractivity contribution is -0.137. The predicted octanol–water partition coefficient (Wildman–Crippen LogP) is 6.13. The van der Waals surface area contributed by atoms with E-state index in [4.69, 9.17) is 14.9 Å². The maximum atomic E-state index is 11.6. The average Bonchev–Trinajstić information content (AvgIpc) is 2.90. The number of aliphatic hydroxyl groups excluding tert-OH is 1. The monoisotopic (exact) mass is 535 g/mol. The lowest BCUT2D eigenvalue weighted by Crippen LogP contribution is -2.31. The van der Waals surface area contributed by atoms with Crippen LogP contribution in [-0.2, 0) is 16.0 Å². The maximum absolute atomic E-state index is 11.6. The van der Waals surface area contributed by atoms with E-state index in [1.807, 2.05) is 6.07 Å². The van der Waals surface area contributed by atoms with Gasteiger partial charge in [-0.15, -0.1) is 0 Å². The molecular weight excluding hydrogens is 486 g/mol. The molecule has 0 spiro atoms. The molecule has 0 saturated carbocycles. The molecule has 0 atom stereocenters. The molecule has 0 aromatic heterocycles. The third-order valence-electron chi connectivity index (χ3n) is 6.67. The SMILES string of the molecule is O=C(O)CCCCCCCCCCCCCCCCCCc1ccc(OCC(=O)NCCO)c(C(=O)O)c1. The number of aromatic carboxylic acids is 1. The topological polar surface area (TPSA) is 133 Å². The van der Waals surface area contributed by atoms with Crippen molar-refractivity contribution in [3.05, 3.63) is 29.3 Å². The van der Waals surface area contributed by atoms with Gasteiger partial charge in [0.25, 0.3) is 5.91 Å². The molecule has 0 unspecified atom stereocenters. The second-order valence-corrected chi connectivity index (χ2v) is 10.0. The second kappa shape index (κ2) is 22.4. The first-order chi connectivity index (χ1) is 18.4. The van der Waals surface area contributed by atoms with Gasteiger partial charge < -0.3 is 25.4 Å². The molecule has 0 aliphatic heterocycles. The van der Waals surface area contributed by atoms with Crippen LogP contribution in [0.4, 0.5) is 0 Å². The summed E-state index contributed by atoms with van der Waals surface area (Å²) >= 11 is 0. The molecule has 8 nitrogen and oxygen atoms in total. The number of aliphatic carboxylic acids is 1. The Morgan fingerprint density at radius 3 is 1.68 bits per heavy atom. The van der Waals surface area contributed by atoms with Gasteiger partial charge in [0.2, 0.25) is 0 Å². The Bertz CT molecular complexity index is 797. The number of amides is 1. The van der Waals surface area contributed by atoms with Crippen LogP contribution in [0.2, 0.25) is 0 Å². The van der Waals surface area contributed by atoms with Crippen molar-refractivity contribution < 1.29 is 34.4 Å². The summed E-state index contributed by atoms with van der Waals surface area (Å²) in [5.41, 5.74) is 1.02. The molecular formula is C30H49NO7. The Morgan fingerprint density at radius 1 is 0.711 bits per heavy atom. The van der Waals surface area contributed by atoms with E-state index in [0.717, 1.165) is 44.1 Å². The standard InChI is InChI=1S/C30H49NO7/c32-22-21-31-28(33)24-38-27-20-19-25(23-26(27)30(36)37)17-15-13-11-9-7-5-3-1-2-4-6-8-10-12-14-16-18-29(34)35/h19-20,23,32H,1-18,21-22,24H2,(H,31,33)(H,34,35)(H,36,37). The number of carboxylic acids is 2. The van der Waals surface area contributed by atoms with Gasteiger partial charge in [0.1, 0.15) is 11.3 Å². The van der Waals surface area contributed by atoms with Crippen molar-refractivity contribution in [3.8, 4) is 5.75 Å². The minimum atomic E-state index is -1.08. The number of hydrogen-bond acceptors (Lipinski definition) is 5. The zero-order valence-corrected chi connectivity index (χ0v) is 23.1. The van der Waals surface area contributed by atoms with Crippen LogP contribution < -0.4 is 10.1 Å². The Balaban J connectivity index is 2.03. The lowest BCUT2D eigenvalue weighted by Gasteiger charge is -2.11. The van der Waals surface area contributed by atoms with Crippen LogP contribution in [0, 0.1) is 0 Å². The van der Waals surface area contributed by atoms with Gasteiger partial charge in [-0.25, -0.2) is 4.79 Å². The zero-order chi connectivity index (χ0) is 27.8. The molecule has 1 aromatic carbocycles. The number of nitrogens with one attached hydrogen (secondary N) is 1. The quantitative estimate of drug-likeness (QED) is 0.111. The Labute approximate surface area is 228 Å². The van der Waals surface area contributed by atoms with E-state index in [2.05, 4.69) is 5.32 Å². The molecule has 0 fully saturated rings. The Hall–Kier alpha value is -2.61. The minimum absolute atomic E-state index is 0.0606. The summed E-state index contributed by atoms with van der Waals surface area (Å²) in [4.78, 5) is 33.7. The third kappa shape index (κ3) is 17.8. The molecule has 0 aliphatic rings.